The van der Waals surface area contributed by atoms with E-state index in [9.17, 15) is 9.59 Å². The molecule has 6 nitrogen and oxygen atoms in total. The Bertz CT molecular complexity index is 249. The number of hydrogen-bond donors (Lipinski definition) is 2. The SMILES string of the molecule is COC(=O)C1CC(C(=O)O)NC1C[NH-].[Ac]. The van der Waals surface area contributed by atoms with Gasteiger partial charge in [-0.3, -0.25) is 9.59 Å². The van der Waals surface area contributed by atoms with E-state index in [1.165, 1.54) is 7.11 Å². The van der Waals surface area contributed by atoms with Gasteiger partial charge >= 0.3 is 11.9 Å². The summed E-state index contributed by atoms with van der Waals surface area (Å²) in [5, 5.41) is 11.4. The van der Waals surface area contributed by atoms with Crippen molar-refractivity contribution in [3.05, 3.63) is 5.73 Å². The zero-order chi connectivity index (χ0) is 10.7. The van der Waals surface area contributed by atoms with E-state index in [1.54, 1.807) is 0 Å². The van der Waals surface area contributed by atoms with Gasteiger partial charge in [-0.2, -0.15) is 0 Å². The Hall–Kier alpha value is 0.302. The average molecular weight is 428 g/mol. The van der Waals surface area contributed by atoms with E-state index in [0.29, 0.717) is 0 Å². The fourth-order valence-corrected chi connectivity index (χ4v) is 1.65. The molecule has 0 bridgehead atoms. The first-order valence-electron chi connectivity index (χ1n) is 4.31. The number of rotatable bonds is 3. The number of carbonyl (C=O) groups is 2. The molecule has 1 rings (SSSR count). The monoisotopic (exact) mass is 428 g/mol. The molecular weight excluding hydrogens is 415 g/mol. The average Bonchev–Trinajstić information content (AvgIpc) is 2.60. The fraction of sp³-hybridized carbons (Fsp3) is 0.750. The van der Waals surface area contributed by atoms with Crippen molar-refractivity contribution in [2.24, 2.45) is 5.92 Å². The maximum absolute atomic E-state index is 11.2. The first kappa shape index (κ1) is 15.3. The van der Waals surface area contributed by atoms with Crippen molar-refractivity contribution >= 4 is 11.9 Å². The molecule has 1 saturated heterocycles. The predicted molar refractivity (Wildman–Crippen MR) is 47.7 cm³/mol. The molecule has 0 aromatic carbocycles. The van der Waals surface area contributed by atoms with E-state index >= 15 is 0 Å². The van der Waals surface area contributed by atoms with Crippen molar-refractivity contribution in [3.8, 4) is 0 Å². The second kappa shape index (κ2) is 6.79. The molecule has 3 unspecified atom stereocenters. The summed E-state index contributed by atoms with van der Waals surface area (Å²) >= 11 is 0. The van der Waals surface area contributed by atoms with Crippen LogP contribution in [0.25, 0.3) is 5.73 Å². The Labute approximate surface area is 123 Å². The summed E-state index contributed by atoms with van der Waals surface area (Å²) in [5.41, 5.74) is 7.17. The number of methoxy groups -OCH3 is 1. The molecule has 83 valence electrons. The molecule has 1 fully saturated rings. The Balaban J connectivity index is 0.00000196. The summed E-state index contributed by atoms with van der Waals surface area (Å²) in [6.07, 6.45) is 0.200. The number of carboxylic acids is 1. The van der Waals surface area contributed by atoms with Gasteiger partial charge in [0.1, 0.15) is 6.04 Å². The topological polar surface area (TPSA) is 99.4 Å². The van der Waals surface area contributed by atoms with Crippen molar-refractivity contribution in [2.45, 2.75) is 18.5 Å². The van der Waals surface area contributed by atoms with Gasteiger partial charge in [0.05, 0.1) is 13.0 Å². The number of carboxylic acid groups (broad SMARTS) is 1. The second-order valence-electron chi connectivity index (χ2n) is 3.23. The second-order valence-corrected chi connectivity index (χ2v) is 3.23. The summed E-state index contributed by atoms with van der Waals surface area (Å²) in [5.74, 6) is -1.95. The van der Waals surface area contributed by atoms with Gasteiger partial charge in [-0.15, -0.1) is 6.54 Å². The van der Waals surface area contributed by atoms with Crippen LogP contribution in [-0.4, -0.2) is 42.8 Å². The summed E-state index contributed by atoms with van der Waals surface area (Å²) in [6.45, 7) is -0.0243. The van der Waals surface area contributed by atoms with Crippen molar-refractivity contribution in [1.29, 1.82) is 0 Å². The molecule has 0 saturated carbocycles. The molecule has 0 aromatic rings. The minimum Gasteiger partial charge on any atom is -0.676 e. The van der Waals surface area contributed by atoms with Crippen LogP contribution in [0.2, 0.25) is 0 Å². The molecule has 7 heteroatoms. The van der Waals surface area contributed by atoms with E-state index < -0.39 is 29.9 Å². The molecule has 1 aliphatic heterocycles. The molecule has 0 aliphatic carbocycles. The van der Waals surface area contributed by atoms with Gasteiger partial charge in [0.2, 0.25) is 0 Å². The predicted octanol–water partition coefficient (Wildman–Crippen LogP) is -0.357. The number of ether oxygens (including phenoxy) is 1. The van der Waals surface area contributed by atoms with Crippen LogP contribution in [0.5, 0.6) is 0 Å². The molecule has 0 aromatic heterocycles. The molecule has 0 spiro atoms. The molecule has 1 aliphatic rings. The van der Waals surface area contributed by atoms with Crippen LogP contribution in [-0.2, 0) is 14.3 Å². The van der Waals surface area contributed by atoms with Gasteiger partial charge in [-0.25, -0.2) is 0 Å². The largest absolute Gasteiger partial charge is 0.676 e. The van der Waals surface area contributed by atoms with Crippen molar-refractivity contribution in [3.63, 3.8) is 0 Å². The summed E-state index contributed by atoms with van der Waals surface area (Å²) < 4.78 is 4.54. The number of aliphatic carboxylic acids is 1. The maximum atomic E-state index is 11.2. The number of nitrogens with one attached hydrogen (secondary N) is 2. The Morgan fingerprint density at radius 3 is 2.60 bits per heavy atom. The number of esters is 1. The van der Waals surface area contributed by atoms with Gasteiger partial charge in [0, 0.05) is 50.1 Å². The van der Waals surface area contributed by atoms with Gasteiger partial charge in [0.25, 0.3) is 0 Å². The molecule has 1 radical (unpaired) electrons. The van der Waals surface area contributed by atoms with Crippen molar-refractivity contribution in [2.75, 3.05) is 13.7 Å². The Morgan fingerprint density at radius 2 is 2.20 bits per heavy atom. The third kappa shape index (κ3) is 3.66. The van der Waals surface area contributed by atoms with Gasteiger partial charge < -0.3 is 20.9 Å². The quantitative estimate of drug-likeness (QED) is 0.599. The van der Waals surface area contributed by atoms with Crippen LogP contribution >= 0.6 is 0 Å². The third-order valence-electron chi connectivity index (χ3n) is 2.41. The zero-order valence-electron chi connectivity index (χ0n) is 8.40. The van der Waals surface area contributed by atoms with Crippen LogP contribution in [0.1, 0.15) is 6.42 Å². The van der Waals surface area contributed by atoms with Gasteiger partial charge in [-0.1, -0.05) is 0 Å². The van der Waals surface area contributed by atoms with E-state index in [2.05, 4.69) is 10.1 Å². The molecule has 15 heavy (non-hydrogen) atoms. The summed E-state index contributed by atoms with van der Waals surface area (Å²) in [6, 6.07) is -1.15. The third-order valence-corrected chi connectivity index (χ3v) is 2.41. The minimum absolute atomic E-state index is 0. The first-order chi connectivity index (χ1) is 6.60. The Morgan fingerprint density at radius 1 is 1.60 bits per heavy atom. The summed E-state index contributed by atoms with van der Waals surface area (Å²) in [7, 11) is 1.26. The molecule has 1 heterocycles. The summed E-state index contributed by atoms with van der Waals surface area (Å²) in [4.78, 5) is 21.9. The molecule has 3 N–H and O–H groups in total. The Kier molecular flexibility index (Phi) is 6.93. The zero-order valence-corrected chi connectivity index (χ0v) is 13.1. The van der Waals surface area contributed by atoms with Gasteiger partial charge in [-0.05, 0) is 6.42 Å². The van der Waals surface area contributed by atoms with Crippen molar-refractivity contribution in [1.82, 2.24) is 5.32 Å². The molecule has 0 amide bonds. The fourth-order valence-electron chi connectivity index (χ4n) is 1.65. The van der Waals surface area contributed by atoms with E-state index in [1.807, 2.05) is 0 Å². The first-order valence-corrected chi connectivity index (χ1v) is 4.31. The van der Waals surface area contributed by atoms with E-state index in [4.69, 9.17) is 10.8 Å². The van der Waals surface area contributed by atoms with E-state index in [-0.39, 0.29) is 57.0 Å². The standard InChI is InChI=1S/C8H13N2O4.Ac/c1-14-8(13)4-2-5(7(11)12)10-6(4)3-9;/h4-6,9-10H,2-3H2,1H3,(H,11,12);/q-1;. The minimum atomic E-state index is -0.991. The van der Waals surface area contributed by atoms with Crippen LogP contribution < -0.4 is 5.32 Å². The maximum Gasteiger partial charge on any atom is 0.320 e. The smallest absolute Gasteiger partial charge is 0.320 e. The van der Waals surface area contributed by atoms with Crippen LogP contribution in [0.3, 0.4) is 0 Å². The number of hydrogen-bond acceptors (Lipinski definition) is 4. The van der Waals surface area contributed by atoms with Crippen LogP contribution in [0, 0.1) is 50.0 Å². The van der Waals surface area contributed by atoms with Crippen molar-refractivity contribution < 1.29 is 63.5 Å². The molecule has 3 atom stereocenters. The van der Waals surface area contributed by atoms with Crippen LogP contribution in [0.15, 0.2) is 0 Å². The normalized spacial score (nSPS) is 29.3. The number of carbonyl (C=O) groups excluding carboxylic acids is 1. The van der Waals surface area contributed by atoms with Gasteiger partial charge in [0.15, 0.2) is 0 Å². The van der Waals surface area contributed by atoms with Crippen LogP contribution in [0.4, 0.5) is 0 Å². The molecular formula is C8H13AcN2O4-. The van der Waals surface area contributed by atoms with E-state index in [0.717, 1.165) is 0 Å².